The number of rotatable bonds is 1. The minimum absolute atomic E-state index is 0.127. The molecule has 1 aliphatic rings. The van der Waals surface area contributed by atoms with Crippen molar-refractivity contribution in [3.8, 4) is 0 Å². The Labute approximate surface area is 106 Å². The number of fused-ring (bicyclic) bond motifs is 1. The molecule has 3 heterocycles. The van der Waals surface area contributed by atoms with Gasteiger partial charge in [-0.15, -0.1) is 0 Å². The van der Waals surface area contributed by atoms with E-state index in [1.165, 1.54) is 18.8 Å². The molecule has 4 nitrogen and oxygen atoms in total. The predicted octanol–water partition coefficient (Wildman–Crippen LogP) is 3.14. The van der Waals surface area contributed by atoms with Crippen LogP contribution in [-0.2, 0) is 0 Å². The van der Waals surface area contributed by atoms with Crippen LogP contribution in [-0.4, -0.2) is 13.1 Å². The number of halogens is 1. The lowest BCUT2D eigenvalue weighted by Gasteiger charge is -2.26. The molecule has 0 bridgehead atoms. The van der Waals surface area contributed by atoms with Crippen LogP contribution in [0.1, 0.15) is 19.3 Å². The molecular weight excluding hydrogens is 286 g/mol. The zero-order valence-corrected chi connectivity index (χ0v) is 10.8. The summed E-state index contributed by atoms with van der Waals surface area (Å²) in [6.45, 7) is 1.90. The fourth-order valence-corrected chi connectivity index (χ4v) is 2.53. The van der Waals surface area contributed by atoms with E-state index in [0.29, 0.717) is 15.9 Å². The van der Waals surface area contributed by atoms with Crippen LogP contribution < -0.4 is 10.3 Å². The Kier molecular flexibility index (Phi) is 2.70. The Morgan fingerprint density at radius 2 is 1.94 bits per heavy atom. The van der Waals surface area contributed by atoms with Gasteiger partial charge >= 0.3 is 0 Å². The van der Waals surface area contributed by atoms with Gasteiger partial charge in [-0.3, -0.25) is 4.79 Å². The predicted molar refractivity (Wildman–Crippen MR) is 68.5 cm³/mol. The number of anilines is 1. The van der Waals surface area contributed by atoms with E-state index in [0.717, 1.165) is 25.9 Å². The van der Waals surface area contributed by atoms with Crippen molar-refractivity contribution < 1.29 is 8.83 Å². The third kappa shape index (κ3) is 1.88. The normalized spacial score (nSPS) is 16.6. The van der Waals surface area contributed by atoms with E-state index in [2.05, 4.69) is 20.8 Å². The van der Waals surface area contributed by atoms with Gasteiger partial charge in [-0.25, -0.2) is 0 Å². The van der Waals surface area contributed by atoms with Crippen LogP contribution in [0.25, 0.3) is 11.2 Å². The maximum atomic E-state index is 11.9. The summed E-state index contributed by atoms with van der Waals surface area (Å²) in [6.07, 6.45) is 5.02. The van der Waals surface area contributed by atoms with E-state index in [-0.39, 0.29) is 11.0 Å². The average molecular weight is 298 g/mol. The Hall–Kier alpha value is -1.23. The Morgan fingerprint density at radius 1 is 1.18 bits per heavy atom. The van der Waals surface area contributed by atoms with Crippen molar-refractivity contribution >= 4 is 33.0 Å². The van der Waals surface area contributed by atoms with E-state index in [1.807, 2.05) is 0 Å². The van der Waals surface area contributed by atoms with Gasteiger partial charge in [0.1, 0.15) is 6.26 Å². The number of hydrogen-bond acceptors (Lipinski definition) is 4. The molecule has 0 atom stereocenters. The van der Waals surface area contributed by atoms with Gasteiger partial charge in [-0.2, -0.15) is 0 Å². The van der Waals surface area contributed by atoms with Crippen LogP contribution in [0, 0.1) is 0 Å². The van der Waals surface area contributed by atoms with Crippen molar-refractivity contribution in [2.45, 2.75) is 19.3 Å². The van der Waals surface area contributed by atoms with E-state index in [1.54, 1.807) is 0 Å². The summed E-state index contributed by atoms with van der Waals surface area (Å²) in [5, 5.41) is 0. The van der Waals surface area contributed by atoms with Crippen LogP contribution in [0.2, 0.25) is 0 Å². The molecule has 0 N–H and O–H groups in total. The Morgan fingerprint density at radius 3 is 2.71 bits per heavy atom. The van der Waals surface area contributed by atoms with Crippen molar-refractivity contribution in [1.29, 1.82) is 0 Å². The second-order valence-corrected chi connectivity index (χ2v) is 5.09. The second-order valence-electron chi connectivity index (χ2n) is 4.24. The summed E-state index contributed by atoms with van der Waals surface area (Å²) in [4.78, 5) is 14.0. The summed E-state index contributed by atoms with van der Waals surface area (Å²) in [7, 11) is 0. The molecule has 17 heavy (non-hydrogen) atoms. The first kappa shape index (κ1) is 10.9. The van der Waals surface area contributed by atoms with E-state index in [9.17, 15) is 4.79 Å². The number of hydrogen-bond donors (Lipinski definition) is 0. The molecular formula is C12H12BrNO3. The molecule has 1 saturated heterocycles. The van der Waals surface area contributed by atoms with Crippen molar-refractivity contribution in [3.63, 3.8) is 0 Å². The molecule has 0 unspecified atom stereocenters. The van der Waals surface area contributed by atoms with Crippen LogP contribution >= 0.6 is 15.9 Å². The van der Waals surface area contributed by atoms with Crippen molar-refractivity contribution in [2.24, 2.45) is 0 Å². The number of nitrogens with zero attached hydrogens (tertiary/aromatic N) is 1. The fourth-order valence-electron chi connectivity index (χ4n) is 2.17. The summed E-state index contributed by atoms with van der Waals surface area (Å²) in [5.41, 5.74) is 0.647. The molecule has 90 valence electrons. The highest BCUT2D eigenvalue weighted by atomic mass is 79.9. The molecule has 2 aromatic rings. The van der Waals surface area contributed by atoms with Gasteiger partial charge in [-0.1, -0.05) is 0 Å². The molecule has 5 heteroatoms. The highest BCUT2D eigenvalue weighted by molar-refractivity contribution is 9.10. The van der Waals surface area contributed by atoms with Gasteiger partial charge in [0.2, 0.25) is 11.0 Å². The largest absolute Gasteiger partial charge is 0.456 e. The SMILES string of the molecule is O=c1cc(N2CCCCC2)oc2c(Br)coc12. The van der Waals surface area contributed by atoms with Crippen LogP contribution in [0.3, 0.4) is 0 Å². The van der Waals surface area contributed by atoms with Crippen LogP contribution in [0.5, 0.6) is 0 Å². The molecule has 2 aromatic heterocycles. The molecule has 1 fully saturated rings. The molecule has 0 amide bonds. The average Bonchev–Trinajstić information content (AvgIpc) is 2.73. The maximum Gasteiger partial charge on any atom is 0.230 e. The molecule has 3 rings (SSSR count). The Balaban J connectivity index is 2.10. The van der Waals surface area contributed by atoms with Gasteiger partial charge < -0.3 is 13.7 Å². The van der Waals surface area contributed by atoms with Crippen molar-refractivity contribution in [2.75, 3.05) is 18.0 Å². The quantitative estimate of drug-likeness (QED) is 0.811. The monoisotopic (exact) mass is 297 g/mol. The van der Waals surface area contributed by atoms with E-state index in [4.69, 9.17) is 8.83 Å². The molecule has 1 aliphatic heterocycles. The zero-order valence-electron chi connectivity index (χ0n) is 9.24. The lowest BCUT2D eigenvalue weighted by atomic mass is 10.1. The Bertz CT molecular complexity index is 595. The standard InChI is InChI=1S/C12H12BrNO3/c13-8-7-16-12-9(15)6-10(17-11(8)12)14-4-2-1-3-5-14/h6-7H,1-5H2. The van der Waals surface area contributed by atoms with Gasteiger partial charge in [-0.05, 0) is 35.2 Å². The van der Waals surface area contributed by atoms with Gasteiger partial charge in [0.25, 0.3) is 0 Å². The maximum absolute atomic E-state index is 11.9. The highest BCUT2D eigenvalue weighted by Crippen LogP contribution is 2.28. The van der Waals surface area contributed by atoms with Gasteiger partial charge in [0.15, 0.2) is 11.5 Å². The topological polar surface area (TPSA) is 46.6 Å². The molecule has 0 spiro atoms. The zero-order chi connectivity index (χ0) is 11.8. The summed E-state index contributed by atoms with van der Waals surface area (Å²) in [5.74, 6) is 0.643. The van der Waals surface area contributed by atoms with Gasteiger partial charge in [0.05, 0.1) is 10.5 Å². The van der Waals surface area contributed by atoms with Crippen molar-refractivity contribution in [3.05, 3.63) is 27.0 Å². The lowest BCUT2D eigenvalue weighted by molar-refractivity contribution is 0.509. The molecule has 0 saturated carbocycles. The number of piperidine rings is 1. The third-order valence-electron chi connectivity index (χ3n) is 3.06. The summed E-state index contributed by atoms with van der Waals surface area (Å²) < 4.78 is 11.6. The minimum Gasteiger partial charge on any atom is -0.456 e. The van der Waals surface area contributed by atoms with Crippen LogP contribution in [0.15, 0.2) is 30.4 Å². The lowest BCUT2D eigenvalue weighted by Crippen LogP contribution is -2.29. The van der Waals surface area contributed by atoms with Crippen LogP contribution in [0.4, 0.5) is 5.88 Å². The van der Waals surface area contributed by atoms with E-state index < -0.39 is 0 Å². The molecule has 0 aromatic carbocycles. The third-order valence-corrected chi connectivity index (χ3v) is 3.60. The first-order chi connectivity index (χ1) is 8.25. The fraction of sp³-hybridized carbons (Fsp3) is 0.417. The first-order valence-corrected chi connectivity index (χ1v) is 6.51. The summed E-state index contributed by atoms with van der Waals surface area (Å²) >= 11 is 3.31. The molecule has 0 aliphatic carbocycles. The highest BCUT2D eigenvalue weighted by Gasteiger charge is 2.17. The second kappa shape index (κ2) is 4.22. The number of furan rings is 1. The smallest absolute Gasteiger partial charge is 0.230 e. The minimum atomic E-state index is -0.127. The first-order valence-electron chi connectivity index (χ1n) is 5.71. The van der Waals surface area contributed by atoms with E-state index >= 15 is 0 Å². The summed E-state index contributed by atoms with van der Waals surface area (Å²) in [6, 6.07) is 1.52. The molecule has 0 radical (unpaired) electrons. The van der Waals surface area contributed by atoms with Crippen molar-refractivity contribution in [1.82, 2.24) is 0 Å². The van der Waals surface area contributed by atoms with Gasteiger partial charge in [0, 0.05) is 13.1 Å².